The minimum atomic E-state index is -0.527. The zero-order valence-corrected chi connectivity index (χ0v) is 19.8. The number of nitrogens with one attached hydrogen (secondary N) is 1. The maximum Gasteiger partial charge on any atom is 0.407 e. The fourth-order valence-electron chi connectivity index (χ4n) is 3.06. The maximum atomic E-state index is 11.7. The number of carbonyl (C=O) groups excluding carboxylic acids is 1. The Morgan fingerprint density at radius 2 is 1.67 bits per heavy atom. The van der Waals surface area contributed by atoms with Crippen LogP contribution in [0.2, 0.25) is 0 Å². The van der Waals surface area contributed by atoms with Crippen LogP contribution in [-0.4, -0.2) is 48.3 Å². The lowest BCUT2D eigenvalue weighted by atomic mass is 10.1. The van der Waals surface area contributed by atoms with Crippen molar-refractivity contribution in [1.82, 2.24) is 15.1 Å². The molecule has 3 rings (SSSR count). The van der Waals surface area contributed by atoms with Gasteiger partial charge in [0.1, 0.15) is 23.7 Å². The van der Waals surface area contributed by atoms with Crippen molar-refractivity contribution in [3.05, 3.63) is 54.6 Å². The van der Waals surface area contributed by atoms with Crippen LogP contribution in [0.4, 0.5) is 4.79 Å². The number of benzene rings is 2. The molecule has 0 radical (unpaired) electrons. The summed E-state index contributed by atoms with van der Waals surface area (Å²) in [6.07, 6.45) is -0.460. The lowest BCUT2D eigenvalue weighted by Crippen LogP contribution is -2.34. The fourth-order valence-corrected chi connectivity index (χ4v) is 3.06. The average molecular weight is 454 g/mol. The summed E-state index contributed by atoms with van der Waals surface area (Å²) in [5.41, 5.74) is 2.22. The van der Waals surface area contributed by atoms with Gasteiger partial charge in [-0.3, -0.25) is 0 Å². The molecule has 1 aromatic heterocycles. The summed E-state index contributed by atoms with van der Waals surface area (Å²) in [7, 11) is 1.64. The molecule has 8 heteroatoms. The number of nitrogens with zero attached hydrogens (tertiary/aromatic N) is 2. The quantitative estimate of drug-likeness (QED) is 0.466. The van der Waals surface area contributed by atoms with Gasteiger partial charge in [0.25, 0.3) is 0 Å². The molecular formula is C25H31N3O5. The van der Waals surface area contributed by atoms with Crippen molar-refractivity contribution in [1.29, 1.82) is 0 Å². The first kappa shape index (κ1) is 24.0. The molecule has 2 aromatic carbocycles. The van der Waals surface area contributed by atoms with Crippen LogP contribution in [-0.2, 0) is 4.74 Å². The first-order valence-corrected chi connectivity index (χ1v) is 10.9. The van der Waals surface area contributed by atoms with Crippen molar-refractivity contribution in [3.63, 3.8) is 0 Å². The van der Waals surface area contributed by atoms with Gasteiger partial charge in [-0.25, -0.2) is 9.48 Å². The molecule has 0 atom stereocenters. The second-order valence-electron chi connectivity index (χ2n) is 8.21. The van der Waals surface area contributed by atoms with Crippen molar-refractivity contribution < 1.29 is 23.7 Å². The molecule has 0 aliphatic heterocycles. The molecule has 176 valence electrons. The second-order valence-corrected chi connectivity index (χ2v) is 8.21. The molecule has 1 heterocycles. The zero-order valence-electron chi connectivity index (χ0n) is 19.8. The van der Waals surface area contributed by atoms with Crippen molar-refractivity contribution in [2.45, 2.75) is 33.3 Å². The lowest BCUT2D eigenvalue weighted by molar-refractivity contribution is 0.0520. The number of amides is 1. The molecule has 0 bridgehead atoms. The van der Waals surface area contributed by atoms with Crippen molar-refractivity contribution in [3.8, 4) is 34.3 Å². The van der Waals surface area contributed by atoms with E-state index in [2.05, 4.69) is 10.4 Å². The standard InChI is InChI=1S/C25H31N3O5/c1-6-31-23-17-22(28(27-23)19-9-13-20(30-5)14-10-19)18-7-11-21(12-8-18)32-16-15-26-24(29)33-25(2,3)4/h7-14,17H,6,15-16H2,1-5H3,(H,26,29). The summed E-state index contributed by atoms with van der Waals surface area (Å²) in [5, 5.41) is 7.27. The third kappa shape index (κ3) is 6.90. The average Bonchev–Trinajstić information content (AvgIpc) is 3.20. The Labute approximate surface area is 194 Å². The smallest absolute Gasteiger partial charge is 0.407 e. The number of methoxy groups -OCH3 is 1. The number of aromatic nitrogens is 2. The van der Waals surface area contributed by atoms with Crippen molar-refractivity contribution >= 4 is 6.09 Å². The lowest BCUT2D eigenvalue weighted by Gasteiger charge is -2.19. The molecular weight excluding hydrogens is 422 g/mol. The number of ether oxygens (including phenoxy) is 4. The van der Waals surface area contributed by atoms with E-state index in [0.717, 1.165) is 22.7 Å². The van der Waals surface area contributed by atoms with Gasteiger partial charge in [-0.15, -0.1) is 5.10 Å². The van der Waals surface area contributed by atoms with Crippen molar-refractivity contribution in [2.24, 2.45) is 0 Å². The SMILES string of the molecule is CCOc1cc(-c2ccc(OCCNC(=O)OC(C)(C)C)cc2)n(-c2ccc(OC)cc2)n1. The van der Waals surface area contributed by atoms with Crippen LogP contribution in [0.15, 0.2) is 54.6 Å². The number of hydrogen-bond acceptors (Lipinski definition) is 6. The summed E-state index contributed by atoms with van der Waals surface area (Å²) < 4.78 is 23.7. The monoisotopic (exact) mass is 453 g/mol. The Morgan fingerprint density at radius 1 is 1.00 bits per heavy atom. The third-order valence-electron chi connectivity index (χ3n) is 4.49. The molecule has 0 saturated heterocycles. The van der Waals surface area contributed by atoms with E-state index in [-0.39, 0.29) is 0 Å². The van der Waals surface area contributed by atoms with Gasteiger partial charge in [0, 0.05) is 11.6 Å². The number of alkyl carbamates (subject to hydrolysis) is 1. The Morgan fingerprint density at radius 3 is 2.27 bits per heavy atom. The molecule has 0 spiro atoms. The molecule has 0 fully saturated rings. The number of rotatable bonds is 9. The summed E-state index contributed by atoms with van der Waals surface area (Å²) in [6, 6.07) is 17.3. The van der Waals surface area contributed by atoms with E-state index in [4.69, 9.17) is 18.9 Å². The fraction of sp³-hybridized carbons (Fsp3) is 0.360. The topological polar surface area (TPSA) is 83.8 Å². The summed E-state index contributed by atoms with van der Waals surface area (Å²) in [5.74, 6) is 2.03. The van der Waals surface area contributed by atoms with Crippen LogP contribution >= 0.6 is 0 Å². The highest BCUT2D eigenvalue weighted by atomic mass is 16.6. The summed E-state index contributed by atoms with van der Waals surface area (Å²) >= 11 is 0. The highest BCUT2D eigenvalue weighted by Crippen LogP contribution is 2.29. The molecule has 33 heavy (non-hydrogen) atoms. The second kappa shape index (κ2) is 10.8. The number of hydrogen-bond donors (Lipinski definition) is 1. The van der Waals surface area contributed by atoms with Gasteiger partial charge in [0.05, 0.1) is 31.6 Å². The van der Waals surface area contributed by atoms with Crippen molar-refractivity contribution in [2.75, 3.05) is 26.9 Å². The van der Waals surface area contributed by atoms with E-state index in [0.29, 0.717) is 31.4 Å². The highest BCUT2D eigenvalue weighted by molar-refractivity contribution is 5.67. The normalized spacial score (nSPS) is 11.1. The van der Waals surface area contributed by atoms with Gasteiger partial charge in [-0.05, 0) is 76.2 Å². The van der Waals surface area contributed by atoms with E-state index in [1.807, 2.05) is 87.0 Å². The van der Waals surface area contributed by atoms with E-state index in [1.54, 1.807) is 7.11 Å². The Hall–Kier alpha value is -3.68. The minimum absolute atomic E-state index is 0.330. The van der Waals surface area contributed by atoms with Gasteiger partial charge < -0.3 is 24.3 Å². The number of carbonyl (C=O) groups is 1. The molecule has 3 aromatic rings. The van der Waals surface area contributed by atoms with Crippen LogP contribution in [0.1, 0.15) is 27.7 Å². The zero-order chi connectivity index (χ0) is 23.8. The van der Waals surface area contributed by atoms with Crippen LogP contribution in [0.25, 0.3) is 16.9 Å². The first-order valence-electron chi connectivity index (χ1n) is 10.9. The largest absolute Gasteiger partial charge is 0.497 e. The third-order valence-corrected chi connectivity index (χ3v) is 4.49. The minimum Gasteiger partial charge on any atom is -0.497 e. The van der Waals surface area contributed by atoms with Crippen LogP contribution in [0.3, 0.4) is 0 Å². The summed E-state index contributed by atoms with van der Waals surface area (Å²) in [4.78, 5) is 11.7. The van der Waals surface area contributed by atoms with Gasteiger partial charge in [0.15, 0.2) is 0 Å². The molecule has 0 unspecified atom stereocenters. The van der Waals surface area contributed by atoms with Crippen LogP contribution < -0.4 is 19.5 Å². The van der Waals surface area contributed by atoms with Gasteiger partial charge in [-0.1, -0.05) is 0 Å². The van der Waals surface area contributed by atoms with E-state index < -0.39 is 11.7 Å². The van der Waals surface area contributed by atoms with E-state index in [1.165, 1.54) is 0 Å². The first-order chi connectivity index (χ1) is 15.8. The molecule has 0 aliphatic carbocycles. The van der Waals surface area contributed by atoms with Gasteiger partial charge in [0.2, 0.25) is 5.88 Å². The molecule has 1 amide bonds. The Balaban J connectivity index is 1.67. The van der Waals surface area contributed by atoms with E-state index in [9.17, 15) is 4.79 Å². The van der Waals surface area contributed by atoms with Gasteiger partial charge >= 0.3 is 6.09 Å². The van der Waals surface area contributed by atoms with Crippen LogP contribution in [0.5, 0.6) is 17.4 Å². The maximum absolute atomic E-state index is 11.7. The predicted octanol–water partition coefficient (Wildman–Crippen LogP) is 4.85. The molecule has 1 N–H and O–H groups in total. The summed E-state index contributed by atoms with van der Waals surface area (Å²) in [6.45, 7) is 8.60. The predicted molar refractivity (Wildman–Crippen MR) is 126 cm³/mol. The Bertz CT molecular complexity index is 1040. The van der Waals surface area contributed by atoms with Crippen LogP contribution in [0, 0.1) is 0 Å². The Kier molecular flexibility index (Phi) is 7.82. The molecule has 0 aliphatic rings. The highest BCUT2D eigenvalue weighted by Gasteiger charge is 2.16. The molecule has 0 saturated carbocycles. The molecule has 8 nitrogen and oxygen atoms in total. The van der Waals surface area contributed by atoms with E-state index >= 15 is 0 Å². The van der Waals surface area contributed by atoms with Gasteiger partial charge in [-0.2, -0.15) is 0 Å².